The average Bonchev–Trinajstić information content (AvgIpc) is 2.92. The van der Waals surface area contributed by atoms with E-state index in [1.807, 2.05) is 29.2 Å². The highest BCUT2D eigenvalue weighted by Crippen LogP contribution is 2.32. The molecule has 2 aliphatic heterocycles. The van der Waals surface area contributed by atoms with Gasteiger partial charge in [-0.05, 0) is 37.6 Å². The number of amides is 1. The molecule has 1 saturated heterocycles. The highest BCUT2D eigenvalue weighted by atomic mass is 16.7. The van der Waals surface area contributed by atoms with Crippen LogP contribution in [0.25, 0.3) is 6.08 Å². The summed E-state index contributed by atoms with van der Waals surface area (Å²) in [5.74, 6) is 1.53. The van der Waals surface area contributed by atoms with Crippen LogP contribution in [0, 0.1) is 0 Å². The molecule has 2 heterocycles. The van der Waals surface area contributed by atoms with Gasteiger partial charge < -0.3 is 19.7 Å². The lowest BCUT2D eigenvalue weighted by Crippen LogP contribution is -2.56. The van der Waals surface area contributed by atoms with Gasteiger partial charge in [0.2, 0.25) is 12.7 Å². The number of carbonyl (C=O) groups excluding carboxylic acids is 1. The van der Waals surface area contributed by atoms with Crippen LogP contribution < -0.4 is 14.8 Å². The summed E-state index contributed by atoms with van der Waals surface area (Å²) in [5, 5.41) is 3.32. The van der Waals surface area contributed by atoms with Gasteiger partial charge in [-0.3, -0.25) is 4.79 Å². The fraction of sp³-hybridized carbons (Fsp3) is 0.438. The van der Waals surface area contributed by atoms with Gasteiger partial charge in [0.1, 0.15) is 0 Å². The van der Waals surface area contributed by atoms with E-state index in [0.717, 1.165) is 30.2 Å². The van der Waals surface area contributed by atoms with Crippen molar-refractivity contribution in [1.82, 2.24) is 10.2 Å². The molecule has 112 valence electrons. The number of fused-ring (bicyclic) bond motifs is 1. The van der Waals surface area contributed by atoms with E-state index in [4.69, 9.17) is 9.47 Å². The number of benzene rings is 1. The number of nitrogens with zero attached hydrogens (tertiary/aromatic N) is 1. The van der Waals surface area contributed by atoms with Gasteiger partial charge in [0, 0.05) is 31.2 Å². The second-order valence-corrected chi connectivity index (χ2v) is 5.55. The van der Waals surface area contributed by atoms with Crippen LogP contribution in [0.15, 0.2) is 24.3 Å². The predicted octanol–water partition coefficient (Wildman–Crippen LogP) is 1.64. The molecule has 1 N–H and O–H groups in total. The average molecular weight is 288 g/mol. The Hall–Kier alpha value is -2.01. The number of hydrogen-bond acceptors (Lipinski definition) is 4. The predicted molar refractivity (Wildman–Crippen MR) is 80.2 cm³/mol. The summed E-state index contributed by atoms with van der Waals surface area (Å²) >= 11 is 0. The van der Waals surface area contributed by atoms with Crippen molar-refractivity contribution in [2.75, 3.05) is 19.9 Å². The Bertz CT molecular complexity index is 561. The van der Waals surface area contributed by atoms with E-state index in [-0.39, 0.29) is 24.8 Å². The largest absolute Gasteiger partial charge is 0.454 e. The van der Waals surface area contributed by atoms with Crippen molar-refractivity contribution in [3.63, 3.8) is 0 Å². The van der Waals surface area contributed by atoms with Gasteiger partial charge in [-0.15, -0.1) is 0 Å². The Balaban J connectivity index is 1.71. The lowest BCUT2D eigenvalue weighted by molar-refractivity contribution is -0.131. The second kappa shape index (κ2) is 5.77. The van der Waals surface area contributed by atoms with E-state index in [9.17, 15) is 4.79 Å². The van der Waals surface area contributed by atoms with E-state index in [1.54, 1.807) is 6.08 Å². The third kappa shape index (κ3) is 2.88. The molecule has 0 bridgehead atoms. The molecule has 1 aromatic rings. The minimum absolute atomic E-state index is 0.0502. The molecule has 0 aliphatic carbocycles. The maximum absolute atomic E-state index is 12.4. The number of piperazine rings is 1. The summed E-state index contributed by atoms with van der Waals surface area (Å²) in [4.78, 5) is 14.3. The first-order valence-corrected chi connectivity index (χ1v) is 7.26. The summed E-state index contributed by atoms with van der Waals surface area (Å²) in [6.45, 7) is 6.07. The molecular weight excluding hydrogens is 268 g/mol. The van der Waals surface area contributed by atoms with Crippen LogP contribution >= 0.6 is 0 Å². The monoisotopic (exact) mass is 288 g/mol. The molecule has 3 rings (SSSR count). The molecule has 5 heteroatoms. The number of nitrogens with one attached hydrogen (secondary N) is 1. The summed E-state index contributed by atoms with van der Waals surface area (Å²) in [6, 6.07) is 6.09. The Morgan fingerprint density at radius 3 is 2.71 bits per heavy atom. The standard InChI is InChI=1S/C16H20N2O3/c1-11-8-17-9-12(2)18(11)16(19)6-4-13-3-5-14-15(7-13)21-10-20-14/h3-7,11-12,17H,8-10H2,1-2H3. The van der Waals surface area contributed by atoms with E-state index in [0.29, 0.717) is 0 Å². The lowest BCUT2D eigenvalue weighted by atomic mass is 10.1. The molecule has 0 spiro atoms. The highest BCUT2D eigenvalue weighted by Gasteiger charge is 2.27. The van der Waals surface area contributed by atoms with Crippen molar-refractivity contribution in [3.8, 4) is 11.5 Å². The van der Waals surface area contributed by atoms with E-state index < -0.39 is 0 Å². The smallest absolute Gasteiger partial charge is 0.247 e. The van der Waals surface area contributed by atoms with Crippen LogP contribution in [0.3, 0.4) is 0 Å². The Labute approximate surface area is 124 Å². The molecule has 1 aromatic carbocycles. The van der Waals surface area contributed by atoms with Crippen LogP contribution in [0.2, 0.25) is 0 Å². The number of ether oxygens (including phenoxy) is 2. The summed E-state index contributed by atoms with van der Waals surface area (Å²) in [7, 11) is 0. The van der Waals surface area contributed by atoms with Gasteiger partial charge >= 0.3 is 0 Å². The van der Waals surface area contributed by atoms with Crippen molar-refractivity contribution in [3.05, 3.63) is 29.8 Å². The molecular formula is C16H20N2O3. The molecule has 21 heavy (non-hydrogen) atoms. The van der Waals surface area contributed by atoms with Gasteiger partial charge in [-0.2, -0.15) is 0 Å². The maximum Gasteiger partial charge on any atom is 0.247 e. The SMILES string of the molecule is CC1CNCC(C)N1C(=O)C=Cc1ccc2c(c1)OCO2. The Morgan fingerprint density at radius 2 is 1.95 bits per heavy atom. The van der Waals surface area contributed by atoms with Crippen molar-refractivity contribution in [2.24, 2.45) is 0 Å². The fourth-order valence-corrected chi connectivity index (χ4v) is 2.84. The first kappa shape index (κ1) is 13.9. The number of rotatable bonds is 2. The zero-order valence-corrected chi connectivity index (χ0v) is 12.3. The molecule has 0 aromatic heterocycles. The van der Waals surface area contributed by atoms with E-state index in [1.165, 1.54) is 0 Å². The van der Waals surface area contributed by atoms with Gasteiger partial charge in [-0.1, -0.05) is 6.07 Å². The third-order valence-electron chi connectivity index (χ3n) is 3.90. The van der Waals surface area contributed by atoms with Crippen LogP contribution in [0.4, 0.5) is 0 Å². The van der Waals surface area contributed by atoms with Gasteiger partial charge in [0.25, 0.3) is 0 Å². The first-order valence-electron chi connectivity index (χ1n) is 7.26. The van der Waals surface area contributed by atoms with Crippen molar-refractivity contribution in [1.29, 1.82) is 0 Å². The quantitative estimate of drug-likeness (QED) is 0.841. The number of carbonyl (C=O) groups is 1. The van der Waals surface area contributed by atoms with Gasteiger partial charge in [-0.25, -0.2) is 0 Å². The molecule has 0 radical (unpaired) electrons. The molecule has 2 atom stereocenters. The molecule has 5 nitrogen and oxygen atoms in total. The summed E-state index contributed by atoms with van der Waals surface area (Å²) in [6.07, 6.45) is 3.46. The van der Waals surface area contributed by atoms with E-state index in [2.05, 4.69) is 19.2 Å². The minimum atomic E-state index is 0.0502. The summed E-state index contributed by atoms with van der Waals surface area (Å²) < 4.78 is 10.6. The van der Waals surface area contributed by atoms with Crippen LogP contribution in [0.5, 0.6) is 11.5 Å². The van der Waals surface area contributed by atoms with Crippen molar-refractivity contribution >= 4 is 12.0 Å². The third-order valence-corrected chi connectivity index (χ3v) is 3.90. The van der Waals surface area contributed by atoms with E-state index >= 15 is 0 Å². The molecule has 2 aliphatic rings. The molecule has 1 fully saturated rings. The minimum Gasteiger partial charge on any atom is -0.454 e. The first-order chi connectivity index (χ1) is 10.1. The van der Waals surface area contributed by atoms with Crippen molar-refractivity contribution < 1.29 is 14.3 Å². The Kier molecular flexibility index (Phi) is 3.84. The normalized spacial score (nSPS) is 24.6. The zero-order chi connectivity index (χ0) is 14.8. The second-order valence-electron chi connectivity index (χ2n) is 5.55. The van der Waals surface area contributed by atoms with Gasteiger partial charge in [0.15, 0.2) is 11.5 Å². The highest BCUT2D eigenvalue weighted by molar-refractivity contribution is 5.92. The Morgan fingerprint density at radius 1 is 1.24 bits per heavy atom. The molecule has 1 amide bonds. The summed E-state index contributed by atoms with van der Waals surface area (Å²) in [5.41, 5.74) is 0.933. The molecule has 2 unspecified atom stereocenters. The van der Waals surface area contributed by atoms with Crippen LogP contribution in [-0.2, 0) is 4.79 Å². The zero-order valence-electron chi connectivity index (χ0n) is 12.3. The van der Waals surface area contributed by atoms with Crippen LogP contribution in [0.1, 0.15) is 19.4 Å². The molecule has 0 saturated carbocycles. The maximum atomic E-state index is 12.4. The van der Waals surface area contributed by atoms with Crippen LogP contribution in [-0.4, -0.2) is 42.8 Å². The number of hydrogen-bond donors (Lipinski definition) is 1. The fourth-order valence-electron chi connectivity index (χ4n) is 2.84. The van der Waals surface area contributed by atoms with Crippen molar-refractivity contribution in [2.45, 2.75) is 25.9 Å². The topological polar surface area (TPSA) is 50.8 Å². The van der Waals surface area contributed by atoms with Gasteiger partial charge in [0.05, 0.1) is 0 Å². The lowest BCUT2D eigenvalue weighted by Gasteiger charge is -2.38.